The van der Waals surface area contributed by atoms with Crippen molar-refractivity contribution < 1.29 is 4.74 Å². The maximum Gasteiger partial charge on any atom is 0.138 e. The topological polar surface area (TPSA) is 38.2 Å². The molecule has 0 saturated carbocycles. The highest BCUT2D eigenvalue weighted by Crippen LogP contribution is 2.23. The first-order valence-electron chi connectivity index (χ1n) is 4.93. The van der Waals surface area contributed by atoms with Crippen molar-refractivity contribution in [1.29, 1.82) is 0 Å². The van der Waals surface area contributed by atoms with E-state index in [1.807, 2.05) is 0 Å². The average Bonchev–Trinajstić information content (AvgIpc) is 2.76. The summed E-state index contributed by atoms with van der Waals surface area (Å²) in [7, 11) is 2.07. The Balaban J connectivity index is 1.97. The summed E-state index contributed by atoms with van der Waals surface area (Å²) in [5, 5.41) is 4.01. The lowest BCUT2D eigenvalue weighted by Crippen LogP contribution is -2.36. The molecular weight excluding hydrogens is 234 g/mol. The van der Waals surface area contributed by atoms with Gasteiger partial charge in [0.15, 0.2) is 0 Å². The van der Waals surface area contributed by atoms with Gasteiger partial charge in [0.2, 0.25) is 0 Å². The van der Waals surface area contributed by atoms with Crippen LogP contribution in [0.5, 0.6) is 0 Å². The van der Waals surface area contributed by atoms with Gasteiger partial charge in [-0.1, -0.05) is 23.0 Å². The van der Waals surface area contributed by atoms with Crippen LogP contribution in [0.4, 0.5) is 0 Å². The maximum absolute atomic E-state index is 5.96. The van der Waals surface area contributed by atoms with Crippen molar-refractivity contribution >= 4 is 23.1 Å². The van der Waals surface area contributed by atoms with Gasteiger partial charge in [0.05, 0.1) is 13.2 Å². The van der Waals surface area contributed by atoms with Crippen LogP contribution >= 0.6 is 23.1 Å². The van der Waals surface area contributed by atoms with Crippen molar-refractivity contribution in [1.82, 2.24) is 14.5 Å². The largest absolute Gasteiger partial charge is 0.379 e. The number of nitrogens with zero attached hydrogens (tertiary/aromatic N) is 3. The summed E-state index contributed by atoms with van der Waals surface area (Å²) in [6.07, 6.45) is 0. The summed E-state index contributed by atoms with van der Waals surface area (Å²) < 4.78 is 9.94. The third-order valence-corrected chi connectivity index (χ3v) is 3.79. The molecular formula is C9H14ClN3OS. The third-order valence-electron chi connectivity index (χ3n) is 2.80. The van der Waals surface area contributed by atoms with Crippen LogP contribution in [0.15, 0.2) is 0 Å². The zero-order chi connectivity index (χ0) is 10.8. The molecule has 0 aromatic carbocycles. The molecule has 2 unspecified atom stereocenters. The van der Waals surface area contributed by atoms with Crippen molar-refractivity contribution in [3.63, 3.8) is 0 Å². The van der Waals surface area contributed by atoms with Gasteiger partial charge in [-0.25, -0.2) is 0 Å². The zero-order valence-electron chi connectivity index (χ0n) is 8.81. The minimum atomic E-state index is 0.461. The van der Waals surface area contributed by atoms with Crippen molar-refractivity contribution in [2.75, 3.05) is 20.3 Å². The van der Waals surface area contributed by atoms with Crippen LogP contribution in [-0.4, -0.2) is 40.8 Å². The van der Waals surface area contributed by atoms with Crippen LogP contribution in [0.3, 0.4) is 0 Å². The van der Waals surface area contributed by atoms with Crippen LogP contribution in [0.25, 0.3) is 0 Å². The molecule has 1 fully saturated rings. The second-order valence-electron chi connectivity index (χ2n) is 3.99. The summed E-state index contributed by atoms with van der Waals surface area (Å²) in [6, 6.07) is 0.461. The summed E-state index contributed by atoms with van der Waals surface area (Å²) in [6.45, 7) is 4.59. The Bertz CT molecular complexity index is 333. The van der Waals surface area contributed by atoms with E-state index in [0.29, 0.717) is 16.3 Å². The molecule has 0 spiro atoms. The number of hydrogen-bond acceptors (Lipinski definition) is 5. The number of ether oxygens (including phenoxy) is 1. The van der Waals surface area contributed by atoms with Gasteiger partial charge >= 0.3 is 0 Å². The SMILES string of the molecule is CC1COCC1N(C)Cc1nnsc1Cl. The first-order chi connectivity index (χ1) is 7.18. The molecule has 0 aliphatic carbocycles. The molecule has 1 saturated heterocycles. The molecule has 6 heteroatoms. The summed E-state index contributed by atoms with van der Waals surface area (Å²) in [5.41, 5.74) is 0.864. The van der Waals surface area contributed by atoms with Gasteiger partial charge in [0.1, 0.15) is 10.0 Å². The molecule has 1 aliphatic rings. The Morgan fingerprint density at radius 3 is 2.93 bits per heavy atom. The highest BCUT2D eigenvalue weighted by atomic mass is 35.5. The molecule has 0 N–H and O–H groups in total. The fourth-order valence-corrected chi connectivity index (χ4v) is 2.47. The van der Waals surface area contributed by atoms with Crippen LogP contribution in [0, 0.1) is 5.92 Å². The molecule has 15 heavy (non-hydrogen) atoms. The van der Waals surface area contributed by atoms with Gasteiger partial charge in [-0.2, -0.15) is 0 Å². The van der Waals surface area contributed by atoms with E-state index < -0.39 is 0 Å². The Morgan fingerprint density at radius 1 is 1.60 bits per heavy atom. The molecule has 2 atom stereocenters. The van der Waals surface area contributed by atoms with E-state index >= 15 is 0 Å². The predicted octanol–water partition coefficient (Wildman–Crippen LogP) is 1.66. The van der Waals surface area contributed by atoms with E-state index in [2.05, 4.69) is 28.5 Å². The fraction of sp³-hybridized carbons (Fsp3) is 0.778. The van der Waals surface area contributed by atoms with E-state index in [1.165, 1.54) is 11.5 Å². The molecule has 1 aromatic rings. The van der Waals surface area contributed by atoms with Crippen LogP contribution in [0.2, 0.25) is 4.34 Å². The monoisotopic (exact) mass is 247 g/mol. The van der Waals surface area contributed by atoms with Crippen molar-refractivity contribution in [3.05, 3.63) is 10.0 Å². The number of hydrogen-bond donors (Lipinski definition) is 0. The Morgan fingerprint density at radius 2 is 2.40 bits per heavy atom. The molecule has 1 aliphatic heterocycles. The van der Waals surface area contributed by atoms with E-state index in [-0.39, 0.29) is 0 Å². The molecule has 0 radical (unpaired) electrons. The van der Waals surface area contributed by atoms with Gasteiger partial charge in [0.25, 0.3) is 0 Å². The summed E-state index contributed by atoms with van der Waals surface area (Å²) >= 11 is 7.20. The number of rotatable bonds is 3. The van der Waals surface area contributed by atoms with E-state index in [1.54, 1.807) is 0 Å². The minimum absolute atomic E-state index is 0.461. The number of aromatic nitrogens is 2. The van der Waals surface area contributed by atoms with Crippen LogP contribution in [0.1, 0.15) is 12.6 Å². The van der Waals surface area contributed by atoms with Gasteiger partial charge in [-0.15, -0.1) is 5.10 Å². The summed E-state index contributed by atoms with van der Waals surface area (Å²) in [5.74, 6) is 0.570. The summed E-state index contributed by atoms with van der Waals surface area (Å²) in [4.78, 5) is 2.24. The van der Waals surface area contributed by atoms with E-state index in [9.17, 15) is 0 Å². The smallest absolute Gasteiger partial charge is 0.138 e. The normalized spacial score (nSPS) is 26.4. The maximum atomic E-state index is 5.96. The molecule has 84 valence electrons. The van der Waals surface area contributed by atoms with E-state index in [0.717, 1.165) is 25.5 Å². The average molecular weight is 248 g/mol. The first-order valence-corrected chi connectivity index (χ1v) is 6.08. The second kappa shape index (κ2) is 4.74. The van der Waals surface area contributed by atoms with Gasteiger partial charge in [0, 0.05) is 24.1 Å². The van der Waals surface area contributed by atoms with Crippen molar-refractivity contribution in [2.45, 2.75) is 19.5 Å². The van der Waals surface area contributed by atoms with Crippen LogP contribution < -0.4 is 0 Å². The zero-order valence-corrected chi connectivity index (χ0v) is 10.4. The highest BCUT2D eigenvalue weighted by Gasteiger charge is 2.28. The van der Waals surface area contributed by atoms with Crippen LogP contribution in [-0.2, 0) is 11.3 Å². The Labute approximate surface area is 98.3 Å². The highest BCUT2D eigenvalue weighted by molar-refractivity contribution is 7.10. The van der Waals surface area contributed by atoms with Gasteiger partial charge < -0.3 is 4.74 Å². The second-order valence-corrected chi connectivity index (χ2v) is 5.35. The quantitative estimate of drug-likeness (QED) is 0.814. The molecule has 1 aromatic heterocycles. The third kappa shape index (κ3) is 2.47. The number of halogens is 1. The molecule has 2 heterocycles. The van der Waals surface area contributed by atoms with E-state index in [4.69, 9.17) is 16.3 Å². The molecule has 4 nitrogen and oxygen atoms in total. The molecule has 0 bridgehead atoms. The molecule has 2 rings (SSSR count). The minimum Gasteiger partial charge on any atom is -0.379 e. The predicted molar refractivity (Wildman–Crippen MR) is 60.2 cm³/mol. The fourth-order valence-electron chi connectivity index (χ4n) is 1.86. The van der Waals surface area contributed by atoms with Gasteiger partial charge in [-0.3, -0.25) is 4.90 Å². The lowest BCUT2D eigenvalue weighted by Gasteiger charge is -2.25. The lowest BCUT2D eigenvalue weighted by atomic mass is 10.1. The lowest BCUT2D eigenvalue weighted by molar-refractivity contribution is 0.155. The first kappa shape index (κ1) is 11.3. The Hall–Kier alpha value is -0.230. The number of likely N-dealkylation sites (N-methyl/N-ethyl adjacent to an activating group) is 1. The van der Waals surface area contributed by atoms with Crippen molar-refractivity contribution in [2.24, 2.45) is 5.92 Å². The van der Waals surface area contributed by atoms with Crippen molar-refractivity contribution in [3.8, 4) is 0 Å². The van der Waals surface area contributed by atoms with Gasteiger partial charge in [-0.05, 0) is 13.0 Å². The molecule has 0 amide bonds. The standard InChI is InChI=1S/C9H14ClN3OS/c1-6-4-14-5-8(6)13(2)3-7-9(10)15-12-11-7/h6,8H,3-5H2,1-2H3. The Kier molecular flexibility index (Phi) is 3.56.